The molecule has 0 fully saturated rings. The minimum absolute atomic E-state index is 0.275. The Morgan fingerprint density at radius 3 is 2.45 bits per heavy atom. The quantitative estimate of drug-likeness (QED) is 0.637. The van der Waals surface area contributed by atoms with Gasteiger partial charge in [0.2, 0.25) is 0 Å². The molecule has 0 bridgehead atoms. The van der Waals surface area contributed by atoms with Crippen LogP contribution in [0.2, 0.25) is 0 Å². The van der Waals surface area contributed by atoms with E-state index in [2.05, 4.69) is 0 Å². The molecule has 5 heteroatoms. The van der Waals surface area contributed by atoms with Crippen molar-refractivity contribution in [1.82, 2.24) is 0 Å². The minimum atomic E-state index is -4.27. The van der Waals surface area contributed by atoms with Crippen molar-refractivity contribution in [2.75, 3.05) is 12.3 Å². The van der Waals surface area contributed by atoms with Crippen LogP contribution in [0, 0.1) is 5.92 Å². The predicted octanol–water partition coefficient (Wildman–Crippen LogP) is 0.661. The lowest BCUT2D eigenvalue weighted by Crippen LogP contribution is -2.11. The third-order valence-corrected chi connectivity index (χ3v) is 2.26. The SMILES string of the molecule is CC(CN)CCCS(=O)(=O)F. The van der Waals surface area contributed by atoms with Crippen molar-refractivity contribution >= 4 is 10.2 Å². The van der Waals surface area contributed by atoms with E-state index >= 15 is 0 Å². The first-order chi connectivity index (χ1) is 4.95. The summed E-state index contributed by atoms with van der Waals surface area (Å²) in [6.07, 6.45) is 1.02. The fraction of sp³-hybridized carbons (Fsp3) is 1.00. The summed E-state index contributed by atoms with van der Waals surface area (Å²) in [4.78, 5) is 0. The molecule has 1 unspecified atom stereocenters. The third-order valence-electron chi connectivity index (χ3n) is 1.49. The Balaban J connectivity index is 3.43. The Hall–Kier alpha value is -0.160. The van der Waals surface area contributed by atoms with Crippen LogP contribution in [0.25, 0.3) is 0 Å². The Morgan fingerprint density at radius 1 is 1.55 bits per heavy atom. The predicted molar refractivity (Wildman–Crippen MR) is 42.3 cm³/mol. The molecule has 0 aromatic carbocycles. The Labute approximate surface area is 67.0 Å². The molecule has 0 aliphatic carbocycles. The highest BCUT2D eigenvalue weighted by Gasteiger charge is 2.07. The highest BCUT2D eigenvalue weighted by molar-refractivity contribution is 7.86. The lowest BCUT2D eigenvalue weighted by Gasteiger charge is -2.05. The summed E-state index contributed by atoms with van der Waals surface area (Å²) in [6.45, 7) is 2.43. The van der Waals surface area contributed by atoms with E-state index < -0.39 is 10.2 Å². The van der Waals surface area contributed by atoms with E-state index in [9.17, 15) is 12.3 Å². The van der Waals surface area contributed by atoms with Crippen molar-refractivity contribution in [2.24, 2.45) is 11.7 Å². The van der Waals surface area contributed by atoms with Crippen molar-refractivity contribution in [3.8, 4) is 0 Å². The molecule has 0 rings (SSSR count). The van der Waals surface area contributed by atoms with E-state index in [1.165, 1.54) is 0 Å². The maximum atomic E-state index is 11.9. The second-order valence-corrected chi connectivity index (χ2v) is 4.21. The van der Waals surface area contributed by atoms with Crippen molar-refractivity contribution in [3.05, 3.63) is 0 Å². The topological polar surface area (TPSA) is 60.2 Å². The van der Waals surface area contributed by atoms with Gasteiger partial charge in [-0.2, -0.15) is 8.42 Å². The number of rotatable bonds is 5. The lowest BCUT2D eigenvalue weighted by molar-refractivity contribution is 0.517. The molecule has 0 aromatic rings. The van der Waals surface area contributed by atoms with Gasteiger partial charge < -0.3 is 5.73 Å². The third kappa shape index (κ3) is 7.74. The fourth-order valence-electron chi connectivity index (χ4n) is 0.722. The van der Waals surface area contributed by atoms with Crippen LogP contribution in [0.4, 0.5) is 3.89 Å². The van der Waals surface area contributed by atoms with E-state index in [4.69, 9.17) is 5.73 Å². The van der Waals surface area contributed by atoms with Gasteiger partial charge in [0.1, 0.15) is 0 Å². The molecule has 0 amide bonds. The minimum Gasteiger partial charge on any atom is -0.330 e. The van der Waals surface area contributed by atoms with Gasteiger partial charge in [0.15, 0.2) is 0 Å². The molecule has 68 valence electrons. The summed E-state index contributed by atoms with van der Waals surface area (Å²) in [5, 5.41) is 0. The van der Waals surface area contributed by atoms with Crippen molar-refractivity contribution < 1.29 is 12.3 Å². The van der Waals surface area contributed by atoms with Crippen molar-refractivity contribution in [1.29, 1.82) is 0 Å². The van der Waals surface area contributed by atoms with Crippen LogP contribution in [0.5, 0.6) is 0 Å². The van der Waals surface area contributed by atoms with E-state index in [-0.39, 0.29) is 11.7 Å². The van der Waals surface area contributed by atoms with Gasteiger partial charge in [0.05, 0.1) is 5.75 Å². The second kappa shape index (κ2) is 4.66. The summed E-state index contributed by atoms with van der Waals surface area (Å²) in [5.74, 6) is -0.103. The van der Waals surface area contributed by atoms with E-state index in [1.54, 1.807) is 0 Å². The molecule has 3 nitrogen and oxygen atoms in total. The zero-order chi connectivity index (χ0) is 8.91. The molecule has 1 atom stereocenters. The van der Waals surface area contributed by atoms with Crippen LogP contribution in [0.15, 0.2) is 0 Å². The molecule has 0 spiro atoms. The summed E-state index contributed by atoms with van der Waals surface area (Å²) in [5.41, 5.74) is 5.28. The molecule has 0 radical (unpaired) electrons. The van der Waals surface area contributed by atoms with Crippen molar-refractivity contribution in [2.45, 2.75) is 19.8 Å². The lowest BCUT2D eigenvalue weighted by atomic mass is 10.1. The van der Waals surface area contributed by atoms with Gasteiger partial charge in [-0.15, -0.1) is 3.89 Å². The van der Waals surface area contributed by atoms with Gasteiger partial charge in [0.25, 0.3) is 0 Å². The molecule has 0 aromatic heterocycles. The summed E-state index contributed by atoms with van der Waals surface area (Å²) in [6, 6.07) is 0. The fourth-order valence-corrected chi connectivity index (χ4v) is 1.23. The standard InChI is InChI=1S/C6H14FNO2S/c1-6(5-8)3-2-4-11(7,9)10/h6H,2-5,8H2,1H3. The molecule has 0 heterocycles. The number of hydrogen-bond acceptors (Lipinski definition) is 3. The highest BCUT2D eigenvalue weighted by Crippen LogP contribution is 2.05. The van der Waals surface area contributed by atoms with Crippen LogP contribution >= 0.6 is 0 Å². The normalized spacial score (nSPS) is 14.8. The van der Waals surface area contributed by atoms with E-state index in [1.807, 2.05) is 6.92 Å². The largest absolute Gasteiger partial charge is 0.330 e. The molecular formula is C6H14FNO2S. The summed E-state index contributed by atoms with van der Waals surface area (Å²) >= 11 is 0. The average Bonchev–Trinajstić information content (AvgIpc) is 1.85. The van der Waals surface area contributed by atoms with Gasteiger partial charge >= 0.3 is 10.2 Å². The number of halogens is 1. The molecule has 2 N–H and O–H groups in total. The molecule has 0 aliphatic rings. The molecule has 0 saturated carbocycles. The highest BCUT2D eigenvalue weighted by atomic mass is 32.3. The molecule has 11 heavy (non-hydrogen) atoms. The Bertz CT molecular complexity index is 191. The van der Waals surface area contributed by atoms with E-state index in [0.717, 1.165) is 0 Å². The zero-order valence-electron chi connectivity index (χ0n) is 6.59. The van der Waals surface area contributed by atoms with E-state index in [0.29, 0.717) is 19.4 Å². The monoisotopic (exact) mass is 183 g/mol. The molecule has 0 saturated heterocycles. The Morgan fingerprint density at radius 2 is 2.09 bits per heavy atom. The van der Waals surface area contributed by atoms with Crippen LogP contribution in [0.3, 0.4) is 0 Å². The first-order valence-corrected chi connectivity index (χ1v) is 5.13. The second-order valence-electron chi connectivity index (χ2n) is 2.73. The zero-order valence-corrected chi connectivity index (χ0v) is 7.40. The molecule has 0 aliphatic heterocycles. The molecular weight excluding hydrogens is 169 g/mol. The Kier molecular flexibility index (Phi) is 4.60. The maximum absolute atomic E-state index is 11.9. The van der Waals surface area contributed by atoms with Gasteiger partial charge in [-0.05, 0) is 25.3 Å². The van der Waals surface area contributed by atoms with Crippen LogP contribution in [0.1, 0.15) is 19.8 Å². The van der Waals surface area contributed by atoms with Crippen LogP contribution in [-0.4, -0.2) is 20.7 Å². The van der Waals surface area contributed by atoms with Crippen LogP contribution in [-0.2, 0) is 10.2 Å². The number of nitrogens with two attached hydrogens (primary N) is 1. The number of hydrogen-bond donors (Lipinski definition) is 1. The van der Waals surface area contributed by atoms with Gasteiger partial charge in [-0.3, -0.25) is 0 Å². The van der Waals surface area contributed by atoms with Gasteiger partial charge in [0, 0.05) is 0 Å². The smallest absolute Gasteiger partial charge is 0.302 e. The van der Waals surface area contributed by atoms with Crippen molar-refractivity contribution in [3.63, 3.8) is 0 Å². The average molecular weight is 183 g/mol. The van der Waals surface area contributed by atoms with Gasteiger partial charge in [-0.25, -0.2) is 0 Å². The summed E-state index contributed by atoms with van der Waals surface area (Å²) in [7, 11) is -4.27. The first kappa shape index (κ1) is 10.8. The summed E-state index contributed by atoms with van der Waals surface area (Å²) < 4.78 is 31.9. The van der Waals surface area contributed by atoms with Gasteiger partial charge in [-0.1, -0.05) is 6.92 Å². The van der Waals surface area contributed by atoms with Crippen LogP contribution < -0.4 is 5.73 Å². The first-order valence-electron chi connectivity index (χ1n) is 3.58. The maximum Gasteiger partial charge on any atom is 0.302 e.